The van der Waals surface area contributed by atoms with Crippen LogP contribution in [0, 0.1) is 0 Å². The largest absolute Gasteiger partial charge is 0.490 e. The van der Waals surface area contributed by atoms with E-state index in [0.29, 0.717) is 0 Å². The monoisotopic (exact) mass is 285 g/mol. The highest BCUT2D eigenvalue weighted by Crippen LogP contribution is 2.29. The van der Waals surface area contributed by atoms with Crippen molar-refractivity contribution < 1.29 is 9.84 Å². The van der Waals surface area contributed by atoms with E-state index in [2.05, 4.69) is 45.0 Å². The number of benzene rings is 1. The first-order valence-corrected chi connectivity index (χ1v) is 7.63. The third-order valence-corrected chi connectivity index (χ3v) is 3.04. The molecular weight excluding hydrogens is 258 g/mol. The molecule has 4 heteroatoms. The lowest BCUT2D eigenvalue weighted by atomic mass is 10.3. The highest BCUT2D eigenvalue weighted by molar-refractivity contribution is 7.99. The Labute approximate surface area is 122 Å². The molecule has 19 heavy (non-hydrogen) atoms. The van der Waals surface area contributed by atoms with Crippen LogP contribution in [0.15, 0.2) is 29.2 Å². The molecule has 0 spiro atoms. The van der Waals surface area contributed by atoms with Crippen LogP contribution in [0.1, 0.15) is 20.8 Å². The summed E-state index contributed by atoms with van der Waals surface area (Å²) in [7, 11) is 4.19. The van der Waals surface area contributed by atoms with E-state index in [-0.39, 0.29) is 12.7 Å². The van der Waals surface area contributed by atoms with Crippen LogP contribution in [-0.4, -0.2) is 49.1 Å². The zero-order valence-corrected chi connectivity index (χ0v) is 13.5. The van der Waals surface area contributed by atoms with Crippen LogP contribution in [0.5, 0.6) is 5.75 Å². The van der Waals surface area contributed by atoms with Gasteiger partial charge in [0.2, 0.25) is 0 Å². The molecule has 0 radical (unpaired) electrons. The molecule has 0 aliphatic carbocycles. The number of ether oxygens (including phenoxy) is 1. The highest BCUT2D eigenvalue weighted by atomic mass is 32.2. The molecule has 0 unspecified atom stereocenters. The van der Waals surface area contributed by atoms with E-state index in [0.717, 1.165) is 18.0 Å². The first kappa shape index (κ1) is 18.3. The summed E-state index contributed by atoms with van der Waals surface area (Å²) in [5.41, 5.74) is 0. The number of aliphatic hydroxyl groups is 1. The normalized spacial score (nSPS) is 10.3. The average molecular weight is 285 g/mol. The fourth-order valence-electron chi connectivity index (χ4n) is 1.26. The lowest BCUT2D eigenvalue weighted by Crippen LogP contribution is -2.14. The molecule has 0 amide bonds. The maximum absolute atomic E-state index is 7.57. The van der Waals surface area contributed by atoms with Crippen molar-refractivity contribution in [2.45, 2.75) is 31.8 Å². The van der Waals surface area contributed by atoms with Gasteiger partial charge in [0, 0.05) is 23.8 Å². The number of para-hydroxylation sites is 1. The minimum atomic E-state index is 0.232. The summed E-state index contributed by atoms with van der Waals surface area (Å²) in [5, 5.41) is 7.57. The molecule has 1 aromatic carbocycles. The van der Waals surface area contributed by atoms with Crippen molar-refractivity contribution in [3.05, 3.63) is 24.3 Å². The zero-order chi connectivity index (χ0) is 14.7. The van der Waals surface area contributed by atoms with Gasteiger partial charge in [-0.25, -0.2) is 0 Å². The SMILES string of the molecule is CC(C)Oc1ccccc1SCCN(C)C.CCO. The van der Waals surface area contributed by atoms with E-state index < -0.39 is 0 Å². The van der Waals surface area contributed by atoms with Crippen molar-refractivity contribution in [1.82, 2.24) is 4.90 Å². The van der Waals surface area contributed by atoms with Crippen molar-refractivity contribution in [3.8, 4) is 5.75 Å². The van der Waals surface area contributed by atoms with E-state index in [9.17, 15) is 0 Å². The Morgan fingerprint density at radius 3 is 2.37 bits per heavy atom. The molecule has 0 atom stereocenters. The van der Waals surface area contributed by atoms with E-state index in [1.54, 1.807) is 6.92 Å². The highest BCUT2D eigenvalue weighted by Gasteiger charge is 2.05. The lowest BCUT2D eigenvalue weighted by molar-refractivity contribution is 0.236. The van der Waals surface area contributed by atoms with Crippen molar-refractivity contribution >= 4 is 11.8 Å². The number of aliphatic hydroxyl groups excluding tert-OH is 1. The summed E-state index contributed by atoms with van der Waals surface area (Å²) in [5.74, 6) is 2.09. The van der Waals surface area contributed by atoms with Crippen molar-refractivity contribution in [2.24, 2.45) is 0 Å². The number of nitrogens with zero attached hydrogens (tertiary/aromatic N) is 1. The molecule has 0 aromatic heterocycles. The first-order chi connectivity index (χ1) is 9.01. The maximum atomic E-state index is 7.57. The molecule has 0 saturated heterocycles. The fourth-order valence-corrected chi connectivity index (χ4v) is 2.37. The average Bonchev–Trinajstić information content (AvgIpc) is 2.31. The Hall–Kier alpha value is -0.710. The Morgan fingerprint density at radius 1 is 1.26 bits per heavy atom. The molecule has 1 rings (SSSR count). The minimum absolute atomic E-state index is 0.232. The van der Waals surface area contributed by atoms with Crippen LogP contribution in [0.4, 0.5) is 0 Å². The first-order valence-electron chi connectivity index (χ1n) is 6.65. The van der Waals surface area contributed by atoms with Gasteiger partial charge in [0.1, 0.15) is 5.75 Å². The smallest absolute Gasteiger partial charge is 0.133 e. The second-order valence-corrected chi connectivity index (χ2v) is 5.72. The summed E-state index contributed by atoms with van der Waals surface area (Å²) in [4.78, 5) is 3.43. The van der Waals surface area contributed by atoms with E-state index >= 15 is 0 Å². The van der Waals surface area contributed by atoms with Crippen LogP contribution < -0.4 is 4.74 Å². The maximum Gasteiger partial charge on any atom is 0.133 e. The predicted molar refractivity (Wildman–Crippen MR) is 84.2 cm³/mol. The molecular formula is C15H27NO2S. The van der Waals surface area contributed by atoms with Gasteiger partial charge in [-0.2, -0.15) is 0 Å². The van der Waals surface area contributed by atoms with E-state index in [4.69, 9.17) is 9.84 Å². The minimum Gasteiger partial charge on any atom is -0.490 e. The van der Waals surface area contributed by atoms with Gasteiger partial charge >= 0.3 is 0 Å². The molecule has 3 nitrogen and oxygen atoms in total. The molecule has 0 aliphatic rings. The number of thioether (sulfide) groups is 1. The summed E-state index contributed by atoms with van der Waals surface area (Å²) in [6, 6.07) is 8.24. The Bertz CT molecular complexity index is 330. The summed E-state index contributed by atoms with van der Waals surface area (Å²) < 4.78 is 5.77. The quantitative estimate of drug-likeness (QED) is 0.814. The van der Waals surface area contributed by atoms with Gasteiger partial charge in [-0.3, -0.25) is 0 Å². The predicted octanol–water partition coefficient (Wildman–Crippen LogP) is 3.13. The zero-order valence-electron chi connectivity index (χ0n) is 12.7. The summed E-state index contributed by atoms with van der Waals surface area (Å²) >= 11 is 1.85. The van der Waals surface area contributed by atoms with Gasteiger partial charge < -0.3 is 14.7 Å². The molecule has 110 valence electrons. The van der Waals surface area contributed by atoms with Crippen LogP contribution >= 0.6 is 11.8 Å². The Morgan fingerprint density at radius 2 is 1.84 bits per heavy atom. The van der Waals surface area contributed by atoms with Crippen molar-refractivity contribution in [3.63, 3.8) is 0 Å². The van der Waals surface area contributed by atoms with E-state index in [1.165, 1.54) is 4.90 Å². The van der Waals surface area contributed by atoms with Gasteiger partial charge in [-0.05, 0) is 47.0 Å². The van der Waals surface area contributed by atoms with Crippen LogP contribution in [0.2, 0.25) is 0 Å². The van der Waals surface area contributed by atoms with Crippen LogP contribution in [-0.2, 0) is 0 Å². The van der Waals surface area contributed by atoms with Gasteiger partial charge in [-0.1, -0.05) is 12.1 Å². The summed E-state index contributed by atoms with van der Waals surface area (Å²) in [6.45, 7) is 7.13. The Kier molecular flexibility index (Phi) is 10.7. The molecule has 0 aliphatic heterocycles. The third-order valence-electron chi connectivity index (χ3n) is 2.01. The lowest BCUT2D eigenvalue weighted by Gasteiger charge is -2.14. The molecule has 0 fully saturated rings. The number of hydrogen-bond acceptors (Lipinski definition) is 4. The fraction of sp³-hybridized carbons (Fsp3) is 0.600. The molecule has 1 N–H and O–H groups in total. The molecule has 0 heterocycles. The van der Waals surface area contributed by atoms with Crippen molar-refractivity contribution in [2.75, 3.05) is 33.0 Å². The van der Waals surface area contributed by atoms with Crippen molar-refractivity contribution in [1.29, 1.82) is 0 Å². The van der Waals surface area contributed by atoms with Gasteiger partial charge in [0.05, 0.1) is 6.10 Å². The van der Waals surface area contributed by atoms with Gasteiger partial charge in [0.25, 0.3) is 0 Å². The standard InChI is InChI=1S/C13H21NOS.C2H6O/c1-11(2)15-12-7-5-6-8-13(12)16-10-9-14(3)4;1-2-3/h5-8,11H,9-10H2,1-4H3;3H,2H2,1H3. The van der Waals surface area contributed by atoms with E-state index in [1.807, 2.05) is 23.9 Å². The second-order valence-electron chi connectivity index (χ2n) is 4.58. The second kappa shape index (κ2) is 11.1. The molecule has 0 saturated carbocycles. The Balaban J connectivity index is 0.000000982. The molecule has 0 bridgehead atoms. The van der Waals surface area contributed by atoms with Crippen LogP contribution in [0.25, 0.3) is 0 Å². The number of hydrogen-bond donors (Lipinski definition) is 1. The van der Waals surface area contributed by atoms with Gasteiger partial charge in [-0.15, -0.1) is 11.8 Å². The van der Waals surface area contributed by atoms with Crippen LogP contribution in [0.3, 0.4) is 0 Å². The van der Waals surface area contributed by atoms with Gasteiger partial charge in [0.15, 0.2) is 0 Å². The topological polar surface area (TPSA) is 32.7 Å². The third kappa shape index (κ3) is 9.82. The number of rotatable bonds is 6. The molecule has 1 aromatic rings. The summed E-state index contributed by atoms with van der Waals surface area (Å²) in [6.07, 6.45) is 0.232.